The molecule has 1 aliphatic carbocycles. The fraction of sp³-hybridized carbons (Fsp3) is 0.621. The predicted octanol–water partition coefficient (Wildman–Crippen LogP) is 8.64. The molecule has 1 aliphatic rings. The second-order valence-electron chi connectivity index (χ2n) is 9.55. The molecule has 0 saturated heterocycles. The summed E-state index contributed by atoms with van der Waals surface area (Å²) in [5.41, 5.74) is 3.67. The lowest BCUT2D eigenvalue weighted by atomic mass is 9.78. The van der Waals surface area contributed by atoms with E-state index in [0.29, 0.717) is 0 Å². The second-order valence-corrected chi connectivity index (χ2v) is 9.55. The quantitative estimate of drug-likeness (QED) is 0.302. The molecule has 2 aromatic rings. The smallest absolute Gasteiger partial charge is 0.137 e. The molecule has 2 nitrogen and oxygen atoms in total. The van der Waals surface area contributed by atoms with Crippen molar-refractivity contribution in [2.45, 2.75) is 97.3 Å². The highest BCUT2D eigenvalue weighted by atomic mass is 16.5. The van der Waals surface area contributed by atoms with Gasteiger partial charge in [0.25, 0.3) is 0 Å². The van der Waals surface area contributed by atoms with Crippen LogP contribution in [0.5, 0.6) is 5.75 Å². The minimum Gasteiger partial charge on any atom is -0.492 e. The minimum atomic E-state index is 0.782. The van der Waals surface area contributed by atoms with E-state index in [1.807, 2.05) is 12.3 Å². The van der Waals surface area contributed by atoms with Crippen LogP contribution in [0.3, 0.4) is 0 Å². The fourth-order valence-corrected chi connectivity index (χ4v) is 4.88. The van der Waals surface area contributed by atoms with Crippen LogP contribution in [-0.2, 0) is 6.42 Å². The lowest BCUT2D eigenvalue weighted by Crippen LogP contribution is -2.15. The van der Waals surface area contributed by atoms with Crippen molar-refractivity contribution in [3.05, 3.63) is 48.2 Å². The van der Waals surface area contributed by atoms with Crippen LogP contribution in [0.1, 0.15) is 96.5 Å². The monoisotopic (exact) mass is 421 g/mol. The number of benzene rings is 1. The Morgan fingerprint density at radius 1 is 0.774 bits per heavy atom. The predicted molar refractivity (Wildman–Crippen MR) is 133 cm³/mol. The summed E-state index contributed by atoms with van der Waals surface area (Å²) in [5, 5.41) is 0. The summed E-state index contributed by atoms with van der Waals surface area (Å²) in [6.45, 7) is 5.30. The van der Waals surface area contributed by atoms with Gasteiger partial charge in [0.2, 0.25) is 0 Å². The summed E-state index contributed by atoms with van der Waals surface area (Å²) in [4.78, 5) is 4.61. The molecule has 1 heterocycles. The van der Waals surface area contributed by atoms with Crippen molar-refractivity contribution >= 4 is 0 Å². The number of aryl methyl sites for hydroxylation is 1. The van der Waals surface area contributed by atoms with Crippen LogP contribution < -0.4 is 4.74 Å². The van der Waals surface area contributed by atoms with Crippen molar-refractivity contribution < 1.29 is 4.74 Å². The SMILES string of the molecule is CCCCCOc1ccc(-c2ccc(CCC3CCC(CCCCC)CC3)cc2)nc1. The van der Waals surface area contributed by atoms with Crippen LogP contribution in [0.15, 0.2) is 42.6 Å². The van der Waals surface area contributed by atoms with Crippen LogP contribution in [0.4, 0.5) is 0 Å². The van der Waals surface area contributed by atoms with Gasteiger partial charge in [0, 0.05) is 5.56 Å². The van der Waals surface area contributed by atoms with Crippen LogP contribution >= 0.6 is 0 Å². The second kappa shape index (κ2) is 13.6. The zero-order chi connectivity index (χ0) is 21.7. The number of aromatic nitrogens is 1. The Hall–Kier alpha value is -1.83. The molecule has 0 amide bonds. The molecule has 0 aliphatic heterocycles. The number of nitrogens with zero attached hydrogens (tertiary/aromatic N) is 1. The Morgan fingerprint density at radius 3 is 2.10 bits per heavy atom. The maximum Gasteiger partial charge on any atom is 0.137 e. The number of pyridine rings is 1. The van der Waals surface area contributed by atoms with Crippen molar-refractivity contribution in [3.8, 4) is 17.0 Å². The van der Waals surface area contributed by atoms with Gasteiger partial charge < -0.3 is 4.74 Å². The molecule has 1 fully saturated rings. The first-order chi connectivity index (χ1) is 15.3. The average Bonchev–Trinajstić information content (AvgIpc) is 2.82. The van der Waals surface area contributed by atoms with Crippen LogP contribution in [0.25, 0.3) is 11.3 Å². The van der Waals surface area contributed by atoms with E-state index in [0.717, 1.165) is 36.3 Å². The molecule has 0 N–H and O–H groups in total. The summed E-state index contributed by atoms with van der Waals surface area (Å²) in [6.07, 6.45) is 19.5. The van der Waals surface area contributed by atoms with Crippen molar-refractivity contribution in [2.24, 2.45) is 11.8 Å². The summed E-state index contributed by atoms with van der Waals surface area (Å²) < 4.78 is 5.78. The van der Waals surface area contributed by atoms with Gasteiger partial charge in [-0.15, -0.1) is 0 Å². The molecule has 0 unspecified atom stereocenters. The zero-order valence-electron chi connectivity index (χ0n) is 20.0. The molecule has 1 saturated carbocycles. The third kappa shape index (κ3) is 8.31. The number of rotatable bonds is 13. The molecule has 2 heteroatoms. The Balaban J connectivity index is 1.39. The standard InChI is InChI=1S/C29H43NO/c1-3-5-7-9-24-10-12-25(13-11-24)14-15-26-16-18-27(19-17-26)29-21-20-28(23-30-29)31-22-8-6-4-2/h16-21,23-25H,3-15,22H2,1-2H3. The third-order valence-electron chi connectivity index (χ3n) is 7.03. The first-order valence-electron chi connectivity index (χ1n) is 13.0. The third-order valence-corrected chi connectivity index (χ3v) is 7.03. The molecule has 170 valence electrons. The highest BCUT2D eigenvalue weighted by Crippen LogP contribution is 2.34. The van der Waals surface area contributed by atoms with Crippen molar-refractivity contribution in [1.82, 2.24) is 4.98 Å². The molecule has 3 rings (SSSR count). The number of hydrogen-bond acceptors (Lipinski definition) is 2. The van der Waals surface area contributed by atoms with E-state index in [4.69, 9.17) is 4.74 Å². The van der Waals surface area contributed by atoms with Crippen LogP contribution in [0.2, 0.25) is 0 Å². The number of ether oxygens (including phenoxy) is 1. The first-order valence-corrected chi connectivity index (χ1v) is 13.0. The first kappa shape index (κ1) is 23.8. The summed E-state index contributed by atoms with van der Waals surface area (Å²) in [5.74, 6) is 2.83. The van der Waals surface area contributed by atoms with Crippen molar-refractivity contribution in [1.29, 1.82) is 0 Å². The van der Waals surface area contributed by atoms with Gasteiger partial charge in [-0.3, -0.25) is 4.98 Å². The summed E-state index contributed by atoms with van der Waals surface area (Å²) in [7, 11) is 0. The van der Waals surface area contributed by atoms with E-state index in [1.54, 1.807) is 0 Å². The Kier molecular flexibility index (Phi) is 10.4. The lowest BCUT2D eigenvalue weighted by molar-refractivity contribution is 0.249. The van der Waals surface area contributed by atoms with Crippen LogP contribution in [0, 0.1) is 11.8 Å². The Labute approximate surface area is 190 Å². The Morgan fingerprint density at radius 2 is 1.45 bits per heavy atom. The van der Waals surface area contributed by atoms with Crippen LogP contribution in [-0.4, -0.2) is 11.6 Å². The fourth-order valence-electron chi connectivity index (χ4n) is 4.88. The van der Waals surface area contributed by atoms with Gasteiger partial charge in [0.15, 0.2) is 0 Å². The van der Waals surface area contributed by atoms with Gasteiger partial charge >= 0.3 is 0 Å². The molecule has 0 radical (unpaired) electrons. The normalized spacial score (nSPS) is 18.8. The molecule has 1 aromatic carbocycles. The van der Waals surface area contributed by atoms with Gasteiger partial charge in [0.1, 0.15) is 5.75 Å². The molecule has 0 atom stereocenters. The maximum atomic E-state index is 5.78. The van der Waals surface area contributed by atoms with Gasteiger partial charge in [-0.25, -0.2) is 0 Å². The highest BCUT2D eigenvalue weighted by Gasteiger charge is 2.20. The van der Waals surface area contributed by atoms with Gasteiger partial charge in [0.05, 0.1) is 18.5 Å². The topological polar surface area (TPSA) is 22.1 Å². The largest absolute Gasteiger partial charge is 0.492 e. The van der Waals surface area contributed by atoms with E-state index in [9.17, 15) is 0 Å². The molecular formula is C29H43NO. The summed E-state index contributed by atoms with van der Waals surface area (Å²) in [6, 6.07) is 13.2. The van der Waals surface area contributed by atoms with Crippen molar-refractivity contribution in [2.75, 3.05) is 6.61 Å². The lowest BCUT2D eigenvalue weighted by Gasteiger charge is -2.28. The van der Waals surface area contributed by atoms with Gasteiger partial charge in [-0.1, -0.05) is 102 Å². The average molecular weight is 422 g/mol. The summed E-state index contributed by atoms with van der Waals surface area (Å²) >= 11 is 0. The highest BCUT2D eigenvalue weighted by molar-refractivity contribution is 5.59. The maximum absolute atomic E-state index is 5.78. The van der Waals surface area contributed by atoms with E-state index in [-0.39, 0.29) is 0 Å². The van der Waals surface area contributed by atoms with Gasteiger partial charge in [-0.2, -0.15) is 0 Å². The molecule has 1 aromatic heterocycles. The Bertz CT molecular complexity index is 713. The zero-order valence-corrected chi connectivity index (χ0v) is 20.0. The molecular weight excluding hydrogens is 378 g/mol. The minimum absolute atomic E-state index is 0.782. The molecule has 31 heavy (non-hydrogen) atoms. The van der Waals surface area contributed by atoms with E-state index < -0.39 is 0 Å². The number of hydrogen-bond donors (Lipinski definition) is 0. The molecule has 0 bridgehead atoms. The van der Waals surface area contributed by atoms with Crippen molar-refractivity contribution in [3.63, 3.8) is 0 Å². The van der Waals surface area contributed by atoms with Gasteiger partial charge in [-0.05, 0) is 48.8 Å². The molecule has 0 spiro atoms. The van der Waals surface area contributed by atoms with E-state index in [1.165, 1.54) is 88.2 Å². The number of unbranched alkanes of at least 4 members (excludes halogenated alkanes) is 4. The van der Waals surface area contributed by atoms with E-state index in [2.05, 4.69) is 49.2 Å². The van der Waals surface area contributed by atoms with E-state index >= 15 is 0 Å².